The van der Waals surface area contributed by atoms with E-state index in [1.54, 1.807) is 6.20 Å². The molecule has 0 spiro atoms. The number of nitrogens with zero attached hydrogens (tertiary/aromatic N) is 2. The second-order valence-corrected chi connectivity index (χ2v) is 4.58. The third kappa shape index (κ3) is 2.89. The predicted molar refractivity (Wildman–Crippen MR) is 68.8 cm³/mol. The Bertz CT molecular complexity index is 604. The molecule has 0 bridgehead atoms. The molecule has 0 radical (unpaired) electrons. The molecule has 0 saturated carbocycles. The van der Waals surface area contributed by atoms with Crippen LogP contribution in [0, 0.1) is 12.7 Å². The topological polar surface area (TPSA) is 54.9 Å². The maximum Gasteiger partial charge on any atom is 0.258 e. The first-order valence-electron chi connectivity index (χ1n) is 5.10. The van der Waals surface area contributed by atoms with Gasteiger partial charge in [0.2, 0.25) is 0 Å². The summed E-state index contributed by atoms with van der Waals surface area (Å²) in [5.41, 5.74) is 0.959. The van der Waals surface area contributed by atoms with Crippen molar-refractivity contribution in [2.45, 2.75) is 6.92 Å². The van der Waals surface area contributed by atoms with E-state index in [-0.39, 0.29) is 5.56 Å². The lowest BCUT2D eigenvalue weighted by atomic mass is 10.2. The normalized spacial score (nSPS) is 10.2. The number of aromatic nitrogens is 2. The van der Waals surface area contributed by atoms with Crippen LogP contribution in [0.3, 0.4) is 0 Å². The fourth-order valence-corrected chi connectivity index (χ4v) is 1.83. The molecule has 92 valence electrons. The molecule has 0 aliphatic heterocycles. The van der Waals surface area contributed by atoms with E-state index in [9.17, 15) is 9.18 Å². The van der Waals surface area contributed by atoms with E-state index in [0.717, 1.165) is 22.3 Å². The largest absolute Gasteiger partial charge is 0.306 e. The summed E-state index contributed by atoms with van der Waals surface area (Å²) < 4.78 is 13.8. The SMILES string of the molecule is Cc1cc(Br)cnc1NC(=O)c1cncc(F)c1. The Hall–Kier alpha value is -1.82. The van der Waals surface area contributed by atoms with Gasteiger partial charge in [-0.25, -0.2) is 9.37 Å². The minimum absolute atomic E-state index is 0.152. The summed E-state index contributed by atoms with van der Waals surface area (Å²) in [6, 6.07) is 2.95. The molecule has 1 amide bonds. The number of carbonyl (C=O) groups is 1. The lowest BCUT2D eigenvalue weighted by molar-refractivity contribution is 0.102. The lowest BCUT2D eigenvalue weighted by Gasteiger charge is -2.07. The van der Waals surface area contributed by atoms with E-state index < -0.39 is 11.7 Å². The number of amides is 1. The molecule has 2 rings (SSSR count). The van der Waals surface area contributed by atoms with Gasteiger partial charge in [0.15, 0.2) is 0 Å². The number of aryl methyl sites for hydroxylation is 1. The zero-order valence-electron chi connectivity index (χ0n) is 9.45. The quantitative estimate of drug-likeness (QED) is 0.928. The number of halogens is 2. The molecule has 6 heteroatoms. The van der Waals surface area contributed by atoms with E-state index in [4.69, 9.17) is 0 Å². The van der Waals surface area contributed by atoms with Gasteiger partial charge in [-0.15, -0.1) is 0 Å². The maximum atomic E-state index is 12.9. The molecule has 2 heterocycles. The van der Waals surface area contributed by atoms with Gasteiger partial charge in [0.1, 0.15) is 11.6 Å². The predicted octanol–water partition coefficient (Wildman–Crippen LogP) is 2.94. The maximum absolute atomic E-state index is 12.9. The Kier molecular flexibility index (Phi) is 3.66. The van der Waals surface area contributed by atoms with Gasteiger partial charge in [-0.3, -0.25) is 9.78 Å². The molecule has 0 unspecified atom stereocenters. The fraction of sp³-hybridized carbons (Fsp3) is 0.0833. The molecule has 4 nitrogen and oxygen atoms in total. The van der Waals surface area contributed by atoms with Crippen LogP contribution in [0.2, 0.25) is 0 Å². The first-order valence-corrected chi connectivity index (χ1v) is 5.89. The highest BCUT2D eigenvalue weighted by molar-refractivity contribution is 9.10. The van der Waals surface area contributed by atoms with Crippen molar-refractivity contribution < 1.29 is 9.18 Å². The van der Waals surface area contributed by atoms with E-state index >= 15 is 0 Å². The van der Waals surface area contributed by atoms with Crippen molar-refractivity contribution in [1.29, 1.82) is 0 Å². The van der Waals surface area contributed by atoms with Crippen LogP contribution in [0.4, 0.5) is 10.2 Å². The lowest BCUT2D eigenvalue weighted by Crippen LogP contribution is -2.14. The van der Waals surface area contributed by atoms with Gasteiger partial charge in [0.25, 0.3) is 5.91 Å². The van der Waals surface area contributed by atoms with E-state index in [2.05, 4.69) is 31.2 Å². The number of carbonyl (C=O) groups excluding carboxylic acids is 1. The molecular weight excluding hydrogens is 301 g/mol. The minimum Gasteiger partial charge on any atom is -0.306 e. The van der Waals surface area contributed by atoms with Crippen LogP contribution in [0.15, 0.2) is 35.2 Å². The van der Waals surface area contributed by atoms with Crippen molar-refractivity contribution in [3.63, 3.8) is 0 Å². The van der Waals surface area contributed by atoms with Gasteiger partial charge >= 0.3 is 0 Å². The van der Waals surface area contributed by atoms with E-state index in [0.29, 0.717) is 5.82 Å². The molecule has 18 heavy (non-hydrogen) atoms. The first kappa shape index (κ1) is 12.6. The second-order valence-electron chi connectivity index (χ2n) is 3.66. The van der Waals surface area contributed by atoms with E-state index in [1.165, 1.54) is 6.20 Å². The summed E-state index contributed by atoms with van der Waals surface area (Å²) in [7, 11) is 0. The standard InChI is InChI=1S/C12H9BrFN3O/c1-7-2-9(13)5-16-11(7)17-12(18)8-3-10(14)6-15-4-8/h2-6H,1H3,(H,16,17,18). The summed E-state index contributed by atoms with van der Waals surface area (Å²) in [4.78, 5) is 19.5. The Morgan fingerprint density at radius 1 is 1.33 bits per heavy atom. The highest BCUT2D eigenvalue weighted by atomic mass is 79.9. The van der Waals surface area contributed by atoms with Gasteiger partial charge in [-0.1, -0.05) is 0 Å². The fourth-order valence-electron chi connectivity index (χ4n) is 1.39. The summed E-state index contributed by atoms with van der Waals surface area (Å²) in [5, 5.41) is 2.60. The highest BCUT2D eigenvalue weighted by Gasteiger charge is 2.10. The zero-order valence-corrected chi connectivity index (χ0v) is 11.0. The van der Waals surface area contributed by atoms with Crippen LogP contribution in [0.5, 0.6) is 0 Å². The average molecular weight is 310 g/mol. The van der Waals surface area contributed by atoms with Crippen LogP contribution in [0.1, 0.15) is 15.9 Å². The number of pyridine rings is 2. The Morgan fingerprint density at radius 3 is 2.78 bits per heavy atom. The van der Waals surface area contributed by atoms with Crippen molar-refractivity contribution in [3.8, 4) is 0 Å². The zero-order chi connectivity index (χ0) is 13.1. The minimum atomic E-state index is -0.553. The molecule has 0 atom stereocenters. The number of nitrogens with one attached hydrogen (secondary N) is 1. The van der Waals surface area contributed by atoms with Crippen LogP contribution >= 0.6 is 15.9 Å². The Labute approximate surface area is 111 Å². The summed E-state index contributed by atoms with van der Waals surface area (Å²) in [6.45, 7) is 1.82. The number of hydrogen-bond donors (Lipinski definition) is 1. The van der Waals surface area contributed by atoms with Crippen molar-refractivity contribution in [3.05, 3.63) is 52.1 Å². The van der Waals surface area contributed by atoms with Crippen LogP contribution in [-0.4, -0.2) is 15.9 Å². The molecule has 0 saturated heterocycles. The molecule has 0 aromatic carbocycles. The van der Waals surface area contributed by atoms with Crippen molar-refractivity contribution in [2.75, 3.05) is 5.32 Å². The number of rotatable bonds is 2. The first-order chi connectivity index (χ1) is 8.56. The molecule has 2 aromatic rings. The molecule has 1 N–H and O–H groups in total. The molecule has 0 aliphatic rings. The second kappa shape index (κ2) is 5.22. The smallest absolute Gasteiger partial charge is 0.258 e. The molecule has 0 fully saturated rings. The van der Waals surface area contributed by atoms with Gasteiger partial charge in [-0.05, 0) is 40.5 Å². The third-order valence-corrected chi connectivity index (χ3v) is 2.68. The third-order valence-electron chi connectivity index (χ3n) is 2.24. The molecular formula is C12H9BrFN3O. The van der Waals surface area contributed by atoms with Crippen molar-refractivity contribution in [2.24, 2.45) is 0 Å². The van der Waals surface area contributed by atoms with E-state index in [1.807, 2.05) is 13.0 Å². The number of anilines is 1. The highest BCUT2D eigenvalue weighted by Crippen LogP contribution is 2.17. The molecule has 0 aliphatic carbocycles. The van der Waals surface area contributed by atoms with Gasteiger partial charge in [0.05, 0.1) is 11.8 Å². The van der Waals surface area contributed by atoms with Gasteiger partial charge < -0.3 is 5.32 Å². The Morgan fingerprint density at radius 2 is 2.11 bits per heavy atom. The summed E-state index contributed by atoms with van der Waals surface area (Å²) in [6.07, 6.45) is 3.92. The van der Waals surface area contributed by atoms with Crippen LogP contribution in [-0.2, 0) is 0 Å². The van der Waals surface area contributed by atoms with Crippen molar-refractivity contribution >= 4 is 27.7 Å². The van der Waals surface area contributed by atoms with Gasteiger partial charge in [0, 0.05) is 16.9 Å². The monoisotopic (exact) mass is 309 g/mol. The Balaban J connectivity index is 2.21. The van der Waals surface area contributed by atoms with Crippen LogP contribution in [0.25, 0.3) is 0 Å². The molecule has 2 aromatic heterocycles. The average Bonchev–Trinajstić information content (AvgIpc) is 2.32. The number of hydrogen-bond acceptors (Lipinski definition) is 3. The van der Waals surface area contributed by atoms with Gasteiger partial charge in [-0.2, -0.15) is 0 Å². The van der Waals surface area contributed by atoms with Crippen LogP contribution < -0.4 is 5.32 Å². The summed E-state index contributed by atoms with van der Waals surface area (Å²) >= 11 is 3.28. The summed E-state index contributed by atoms with van der Waals surface area (Å²) in [5.74, 6) is -0.560. The van der Waals surface area contributed by atoms with Crippen molar-refractivity contribution in [1.82, 2.24) is 9.97 Å².